The lowest BCUT2D eigenvalue weighted by molar-refractivity contribution is -0.128. The Hall–Kier alpha value is -3.62. The Labute approximate surface area is 191 Å². The number of fused-ring (bicyclic) bond motifs is 1. The molecule has 1 fully saturated rings. The zero-order chi connectivity index (χ0) is 23.2. The van der Waals surface area contributed by atoms with Gasteiger partial charge < -0.3 is 15.2 Å². The molecule has 0 atom stereocenters. The maximum Gasteiger partial charge on any atom is 0.245 e. The quantitative estimate of drug-likeness (QED) is 0.617. The van der Waals surface area contributed by atoms with Crippen LogP contribution in [0.15, 0.2) is 37.5 Å². The predicted molar refractivity (Wildman–Crippen MR) is 124 cm³/mol. The first-order chi connectivity index (χ1) is 15.9. The number of allylic oxidation sites excluding steroid dienone is 2. The lowest BCUT2D eigenvalue weighted by Gasteiger charge is -2.43. The Morgan fingerprint density at radius 1 is 1.18 bits per heavy atom. The molecule has 0 aromatic carbocycles. The van der Waals surface area contributed by atoms with E-state index < -0.39 is 5.82 Å². The molecule has 8 nitrogen and oxygen atoms in total. The van der Waals surface area contributed by atoms with Crippen LogP contribution in [0.3, 0.4) is 0 Å². The van der Waals surface area contributed by atoms with Crippen LogP contribution in [-0.4, -0.2) is 48.4 Å². The van der Waals surface area contributed by atoms with Crippen LogP contribution in [-0.2, 0) is 11.8 Å². The number of carbonyl (C=O) groups is 1. The van der Waals surface area contributed by atoms with E-state index in [1.165, 1.54) is 18.0 Å². The summed E-state index contributed by atoms with van der Waals surface area (Å²) in [5, 5.41) is 0.680. The normalized spacial score (nSPS) is 17.9. The molecule has 1 amide bonds. The number of aryl methyl sites for hydroxylation is 1. The summed E-state index contributed by atoms with van der Waals surface area (Å²) in [4.78, 5) is 30.9. The van der Waals surface area contributed by atoms with Crippen molar-refractivity contribution < 1.29 is 9.18 Å². The van der Waals surface area contributed by atoms with E-state index in [2.05, 4.69) is 32.6 Å². The zero-order valence-corrected chi connectivity index (χ0v) is 18.6. The van der Waals surface area contributed by atoms with Crippen molar-refractivity contribution in [2.24, 2.45) is 12.5 Å². The highest BCUT2D eigenvalue weighted by molar-refractivity contribution is 6.04. The molecule has 1 aliphatic carbocycles. The van der Waals surface area contributed by atoms with Crippen molar-refractivity contribution in [3.05, 3.63) is 49.0 Å². The zero-order valence-electron chi connectivity index (χ0n) is 18.6. The van der Waals surface area contributed by atoms with Gasteiger partial charge in [-0.2, -0.15) is 0 Å². The maximum atomic E-state index is 13.5. The fourth-order valence-corrected chi connectivity index (χ4v) is 5.25. The highest BCUT2D eigenvalue weighted by Gasteiger charge is 2.37. The molecule has 0 saturated carbocycles. The van der Waals surface area contributed by atoms with Gasteiger partial charge in [-0.05, 0) is 49.2 Å². The van der Waals surface area contributed by atoms with E-state index >= 15 is 0 Å². The second-order valence-electron chi connectivity index (χ2n) is 8.93. The number of rotatable bonds is 3. The number of anilines is 1. The molecule has 1 aliphatic heterocycles. The van der Waals surface area contributed by atoms with E-state index in [0.717, 1.165) is 68.8 Å². The summed E-state index contributed by atoms with van der Waals surface area (Å²) in [6.45, 7) is 5.13. The van der Waals surface area contributed by atoms with Crippen molar-refractivity contribution in [1.29, 1.82) is 0 Å². The lowest BCUT2D eigenvalue weighted by atomic mass is 9.68. The minimum absolute atomic E-state index is 0.00929. The molecule has 0 radical (unpaired) electrons. The molecule has 2 N–H and O–H groups in total. The number of nitrogens with two attached hydrogens (primary N) is 1. The van der Waals surface area contributed by atoms with Gasteiger partial charge >= 0.3 is 0 Å². The molecule has 3 aromatic heterocycles. The highest BCUT2D eigenvalue weighted by Crippen LogP contribution is 2.48. The fourth-order valence-electron chi connectivity index (χ4n) is 5.25. The Morgan fingerprint density at radius 3 is 2.55 bits per heavy atom. The summed E-state index contributed by atoms with van der Waals surface area (Å²) in [6.07, 6.45) is 12.3. The topological polar surface area (TPSA) is 103 Å². The van der Waals surface area contributed by atoms with Crippen LogP contribution in [0.2, 0.25) is 0 Å². The molecule has 0 bridgehead atoms. The first-order valence-corrected chi connectivity index (χ1v) is 11.1. The minimum atomic E-state index is -0.495. The van der Waals surface area contributed by atoms with E-state index in [9.17, 15) is 9.18 Å². The lowest BCUT2D eigenvalue weighted by Crippen LogP contribution is -2.43. The second-order valence-corrected chi connectivity index (χ2v) is 8.93. The molecule has 1 spiro atoms. The first-order valence-electron chi connectivity index (χ1n) is 11.1. The van der Waals surface area contributed by atoms with Crippen LogP contribution in [0.5, 0.6) is 0 Å². The van der Waals surface area contributed by atoms with Crippen molar-refractivity contribution in [2.75, 3.05) is 18.8 Å². The number of halogens is 1. The second kappa shape index (κ2) is 8.06. The standard InChI is InChI=1S/C24H26FN7O/c1-3-17(33)32-10-8-24(9-11-32)6-4-15(5-7-24)20-18(22-27-12-16(25)13-28-22)19-21(26)29-14-30-23(19)31(20)2/h3-4,12-14H,1,5-11H2,2H3,(H2,26,29,30). The average Bonchev–Trinajstić information content (AvgIpc) is 3.14. The van der Waals surface area contributed by atoms with E-state index in [1.807, 2.05) is 16.5 Å². The Bertz CT molecular complexity index is 1270. The van der Waals surface area contributed by atoms with Crippen molar-refractivity contribution in [1.82, 2.24) is 29.4 Å². The van der Waals surface area contributed by atoms with Crippen LogP contribution in [0.4, 0.5) is 10.2 Å². The van der Waals surface area contributed by atoms with Gasteiger partial charge in [-0.1, -0.05) is 12.7 Å². The number of aromatic nitrogens is 5. The van der Waals surface area contributed by atoms with Gasteiger partial charge in [0.05, 0.1) is 29.0 Å². The Morgan fingerprint density at radius 2 is 1.91 bits per heavy atom. The van der Waals surface area contributed by atoms with Crippen LogP contribution in [0.1, 0.15) is 37.8 Å². The summed E-state index contributed by atoms with van der Waals surface area (Å²) in [7, 11) is 1.95. The number of piperidine rings is 1. The van der Waals surface area contributed by atoms with Crippen LogP contribution in [0, 0.1) is 11.2 Å². The van der Waals surface area contributed by atoms with Crippen molar-refractivity contribution in [3.63, 3.8) is 0 Å². The monoisotopic (exact) mass is 447 g/mol. The average molecular weight is 448 g/mol. The number of nitrogen functional groups attached to an aromatic ring is 1. The predicted octanol–water partition coefficient (Wildman–Crippen LogP) is 3.51. The number of hydrogen-bond acceptors (Lipinski definition) is 6. The molecule has 33 heavy (non-hydrogen) atoms. The summed E-state index contributed by atoms with van der Waals surface area (Å²) in [6, 6.07) is 0. The van der Waals surface area contributed by atoms with Crippen molar-refractivity contribution in [2.45, 2.75) is 32.1 Å². The largest absolute Gasteiger partial charge is 0.383 e. The van der Waals surface area contributed by atoms with Gasteiger partial charge in [0.25, 0.3) is 0 Å². The molecule has 5 rings (SSSR count). The molecule has 2 aliphatic rings. The summed E-state index contributed by atoms with van der Waals surface area (Å²) in [5.74, 6) is 0.257. The molecule has 0 unspecified atom stereocenters. The molecule has 1 saturated heterocycles. The number of amides is 1. The van der Waals surface area contributed by atoms with E-state index in [0.29, 0.717) is 22.7 Å². The van der Waals surface area contributed by atoms with Gasteiger partial charge in [0.1, 0.15) is 17.8 Å². The number of carbonyl (C=O) groups excluding carboxylic acids is 1. The summed E-state index contributed by atoms with van der Waals surface area (Å²) >= 11 is 0. The van der Waals surface area contributed by atoms with Crippen LogP contribution >= 0.6 is 0 Å². The SMILES string of the molecule is C=CC(=O)N1CCC2(CC=C(c3c(-c4ncc(F)cn4)c4c(N)ncnc4n3C)CC2)CC1. The molecule has 3 aromatic rings. The smallest absolute Gasteiger partial charge is 0.245 e. The minimum Gasteiger partial charge on any atom is -0.383 e. The van der Waals surface area contributed by atoms with E-state index in [4.69, 9.17) is 5.73 Å². The van der Waals surface area contributed by atoms with E-state index in [-0.39, 0.29) is 11.3 Å². The van der Waals surface area contributed by atoms with Gasteiger partial charge in [0.15, 0.2) is 11.6 Å². The molecular formula is C24H26FN7O. The summed E-state index contributed by atoms with van der Waals surface area (Å²) in [5.41, 5.74) is 9.99. The van der Waals surface area contributed by atoms with Crippen LogP contribution < -0.4 is 5.73 Å². The van der Waals surface area contributed by atoms with Crippen molar-refractivity contribution in [3.8, 4) is 11.4 Å². The first kappa shape index (κ1) is 21.2. The van der Waals surface area contributed by atoms with Gasteiger partial charge in [-0.25, -0.2) is 24.3 Å². The molecule has 9 heteroatoms. The third-order valence-corrected chi connectivity index (χ3v) is 7.16. The van der Waals surface area contributed by atoms with Crippen LogP contribution in [0.25, 0.3) is 28.0 Å². The van der Waals surface area contributed by atoms with Gasteiger partial charge in [0, 0.05) is 20.1 Å². The van der Waals surface area contributed by atoms with Gasteiger partial charge in [0.2, 0.25) is 5.91 Å². The number of nitrogens with zero attached hydrogens (tertiary/aromatic N) is 6. The van der Waals surface area contributed by atoms with Gasteiger partial charge in [-0.15, -0.1) is 0 Å². The fraction of sp³-hybridized carbons (Fsp3) is 0.375. The maximum absolute atomic E-state index is 13.5. The third-order valence-electron chi connectivity index (χ3n) is 7.16. The molecule has 4 heterocycles. The third kappa shape index (κ3) is 3.57. The Balaban J connectivity index is 1.53. The van der Waals surface area contributed by atoms with E-state index in [1.54, 1.807) is 0 Å². The molecule has 170 valence electrons. The number of hydrogen-bond donors (Lipinski definition) is 1. The Kier molecular flexibility index (Phi) is 5.19. The van der Waals surface area contributed by atoms with Gasteiger partial charge in [-0.3, -0.25) is 4.79 Å². The summed E-state index contributed by atoms with van der Waals surface area (Å²) < 4.78 is 15.5. The van der Waals surface area contributed by atoms with Crippen molar-refractivity contribution >= 4 is 28.3 Å². The number of likely N-dealkylation sites (tertiary alicyclic amines) is 1. The molecular weight excluding hydrogens is 421 g/mol. The highest BCUT2D eigenvalue weighted by atomic mass is 19.1.